The number of aliphatic hydroxyl groups excluding tert-OH is 1. The van der Waals surface area contributed by atoms with Crippen LogP contribution in [0.3, 0.4) is 0 Å². The van der Waals surface area contributed by atoms with Crippen LogP contribution >= 0.6 is 0 Å². The molecule has 6 heteroatoms. The highest BCUT2D eigenvalue weighted by atomic mass is 16.5. The summed E-state index contributed by atoms with van der Waals surface area (Å²) in [6.45, 7) is 10.9. The Bertz CT molecular complexity index is 1320. The zero-order valence-corrected chi connectivity index (χ0v) is 21.9. The van der Waals surface area contributed by atoms with Gasteiger partial charge in [-0.25, -0.2) is 0 Å². The van der Waals surface area contributed by atoms with Crippen molar-refractivity contribution in [1.29, 1.82) is 0 Å². The number of carbonyl (C=O) groups excluding carboxylic acids is 2. The normalized spacial score (nSPS) is 16.9. The molecule has 192 valence electrons. The Kier molecular flexibility index (Phi) is 7.67. The zero-order chi connectivity index (χ0) is 26.7. The van der Waals surface area contributed by atoms with Crippen LogP contribution in [0.5, 0.6) is 11.5 Å². The number of benzene rings is 3. The number of hydrogen-bond acceptors (Lipinski definition) is 5. The van der Waals surface area contributed by atoms with Gasteiger partial charge in [0.05, 0.1) is 24.8 Å². The zero-order valence-electron chi connectivity index (χ0n) is 21.9. The molecule has 0 aromatic heterocycles. The van der Waals surface area contributed by atoms with Crippen molar-refractivity contribution in [1.82, 2.24) is 0 Å². The lowest BCUT2D eigenvalue weighted by atomic mass is 9.92. The van der Waals surface area contributed by atoms with Crippen LogP contribution < -0.4 is 14.4 Å². The first kappa shape index (κ1) is 26.0. The Hall–Kier alpha value is -4.06. The van der Waals surface area contributed by atoms with E-state index in [1.165, 1.54) is 4.90 Å². The van der Waals surface area contributed by atoms with Crippen LogP contribution in [-0.4, -0.2) is 30.0 Å². The van der Waals surface area contributed by atoms with Gasteiger partial charge in [0.2, 0.25) is 0 Å². The predicted molar refractivity (Wildman–Crippen MR) is 145 cm³/mol. The van der Waals surface area contributed by atoms with Gasteiger partial charge in [0.15, 0.2) is 0 Å². The van der Waals surface area contributed by atoms with Gasteiger partial charge in [-0.15, -0.1) is 0 Å². The monoisotopic (exact) mass is 499 g/mol. The van der Waals surface area contributed by atoms with Gasteiger partial charge in [-0.05, 0) is 85.8 Å². The summed E-state index contributed by atoms with van der Waals surface area (Å²) in [7, 11) is 0. The van der Waals surface area contributed by atoms with Crippen molar-refractivity contribution in [3.63, 3.8) is 0 Å². The van der Waals surface area contributed by atoms with Gasteiger partial charge in [-0.1, -0.05) is 38.1 Å². The van der Waals surface area contributed by atoms with Crippen LogP contribution in [0.4, 0.5) is 5.69 Å². The van der Waals surface area contributed by atoms with Crippen molar-refractivity contribution < 1.29 is 24.2 Å². The lowest BCUT2D eigenvalue weighted by Gasteiger charge is -2.26. The third-order valence-corrected chi connectivity index (χ3v) is 6.54. The number of amides is 1. The number of anilines is 1. The molecular weight excluding hydrogens is 466 g/mol. The first-order valence-electron chi connectivity index (χ1n) is 12.6. The summed E-state index contributed by atoms with van der Waals surface area (Å²) in [5, 5.41) is 11.4. The summed E-state index contributed by atoms with van der Waals surface area (Å²) in [5.74, 6) is 0.0802. The second-order valence-corrected chi connectivity index (χ2v) is 9.33. The molecule has 1 aliphatic heterocycles. The van der Waals surface area contributed by atoms with E-state index in [1.807, 2.05) is 45.0 Å². The van der Waals surface area contributed by atoms with Crippen molar-refractivity contribution in [2.24, 2.45) is 0 Å². The summed E-state index contributed by atoms with van der Waals surface area (Å²) in [6, 6.07) is 19.3. The van der Waals surface area contributed by atoms with E-state index in [-0.39, 0.29) is 11.3 Å². The first-order chi connectivity index (χ1) is 17.8. The average molecular weight is 500 g/mol. The first-order valence-corrected chi connectivity index (χ1v) is 12.6. The van der Waals surface area contributed by atoms with Crippen LogP contribution in [0, 0.1) is 6.92 Å². The molecule has 0 bridgehead atoms. The molecule has 1 heterocycles. The Balaban J connectivity index is 1.87. The summed E-state index contributed by atoms with van der Waals surface area (Å²) in [5.41, 5.74) is 3.76. The largest absolute Gasteiger partial charge is 0.507 e. The van der Waals surface area contributed by atoms with Crippen LogP contribution in [0.15, 0.2) is 72.3 Å². The topological polar surface area (TPSA) is 76.1 Å². The van der Waals surface area contributed by atoms with Gasteiger partial charge >= 0.3 is 0 Å². The van der Waals surface area contributed by atoms with Gasteiger partial charge in [-0.2, -0.15) is 0 Å². The van der Waals surface area contributed by atoms with Crippen LogP contribution in [0.25, 0.3) is 5.76 Å². The summed E-state index contributed by atoms with van der Waals surface area (Å²) < 4.78 is 11.2. The second kappa shape index (κ2) is 10.9. The Morgan fingerprint density at radius 2 is 1.57 bits per heavy atom. The van der Waals surface area contributed by atoms with Gasteiger partial charge in [0, 0.05) is 11.3 Å². The summed E-state index contributed by atoms with van der Waals surface area (Å²) in [6.07, 6.45) is 0. The highest BCUT2D eigenvalue weighted by molar-refractivity contribution is 6.51. The molecule has 0 saturated carbocycles. The third-order valence-electron chi connectivity index (χ3n) is 6.54. The lowest BCUT2D eigenvalue weighted by molar-refractivity contribution is -0.132. The van der Waals surface area contributed by atoms with Crippen LogP contribution in [0.1, 0.15) is 61.9 Å². The molecule has 1 saturated heterocycles. The van der Waals surface area contributed by atoms with Crippen molar-refractivity contribution >= 4 is 23.1 Å². The molecule has 1 atom stereocenters. The van der Waals surface area contributed by atoms with Crippen LogP contribution in [0.2, 0.25) is 0 Å². The van der Waals surface area contributed by atoms with Gasteiger partial charge in [0.25, 0.3) is 11.7 Å². The minimum Gasteiger partial charge on any atom is -0.507 e. The maximum absolute atomic E-state index is 13.4. The molecule has 3 aromatic carbocycles. The van der Waals surface area contributed by atoms with E-state index in [0.717, 1.165) is 16.7 Å². The molecular formula is C31H33NO5. The van der Waals surface area contributed by atoms with Crippen molar-refractivity contribution in [2.75, 3.05) is 18.1 Å². The Morgan fingerprint density at radius 3 is 2.14 bits per heavy atom. The lowest BCUT2D eigenvalue weighted by Crippen LogP contribution is -2.29. The molecule has 1 unspecified atom stereocenters. The fraction of sp³-hybridized carbons (Fsp3) is 0.290. The van der Waals surface area contributed by atoms with E-state index in [2.05, 4.69) is 13.8 Å². The number of aliphatic hydroxyl groups is 1. The molecule has 1 N–H and O–H groups in total. The molecule has 0 spiro atoms. The van der Waals surface area contributed by atoms with E-state index >= 15 is 0 Å². The third kappa shape index (κ3) is 5.10. The van der Waals surface area contributed by atoms with E-state index in [9.17, 15) is 14.7 Å². The van der Waals surface area contributed by atoms with E-state index < -0.39 is 17.7 Å². The maximum atomic E-state index is 13.4. The molecule has 37 heavy (non-hydrogen) atoms. The standard InChI is InChI=1S/C31H33NO5/c1-6-36-25-15-13-24(14-16-25)32-28(22-10-8-21(9-11-22)19(3)4)27(30(34)31(32)35)29(33)23-12-17-26(37-7-2)20(5)18-23/h8-19,28,33H,6-7H2,1-5H3/b29-27-. The van der Waals surface area contributed by atoms with E-state index in [1.54, 1.807) is 42.5 Å². The second-order valence-electron chi connectivity index (χ2n) is 9.33. The number of carbonyl (C=O) groups is 2. The smallest absolute Gasteiger partial charge is 0.300 e. The van der Waals surface area contributed by atoms with Crippen LogP contribution in [-0.2, 0) is 9.59 Å². The predicted octanol–water partition coefficient (Wildman–Crippen LogP) is 6.54. The number of hydrogen-bond donors (Lipinski definition) is 1. The van der Waals surface area contributed by atoms with Crippen molar-refractivity contribution in [3.05, 3.63) is 94.6 Å². The van der Waals surface area contributed by atoms with E-state index in [4.69, 9.17) is 9.47 Å². The van der Waals surface area contributed by atoms with Gasteiger partial charge in [0.1, 0.15) is 17.3 Å². The fourth-order valence-corrected chi connectivity index (χ4v) is 4.62. The summed E-state index contributed by atoms with van der Waals surface area (Å²) >= 11 is 0. The highest BCUT2D eigenvalue weighted by Crippen LogP contribution is 2.43. The SMILES string of the molecule is CCOc1ccc(N2C(=O)C(=O)/C(=C(\O)c3ccc(OCC)c(C)c3)C2c2ccc(C(C)C)cc2)cc1. The molecule has 1 aliphatic rings. The van der Waals surface area contributed by atoms with Gasteiger partial charge < -0.3 is 14.6 Å². The number of Topliss-reactive ketones (excluding diaryl/α,β-unsaturated/α-hetero) is 1. The molecule has 3 aromatic rings. The minimum absolute atomic E-state index is 0.0553. The molecule has 6 nitrogen and oxygen atoms in total. The molecule has 0 aliphatic carbocycles. The van der Waals surface area contributed by atoms with Crippen molar-refractivity contribution in [2.45, 2.75) is 46.6 Å². The Labute approximate surface area is 218 Å². The molecule has 1 amide bonds. The minimum atomic E-state index is -0.786. The van der Waals surface area contributed by atoms with Gasteiger partial charge in [-0.3, -0.25) is 14.5 Å². The number of ketones is 1. The average Bonchev–Trinajstić information content (AvgIpc) is 3.16. The maximum Gasteiger partial charge on any atom is 0.300 e. The fourth-order valence-electron chi connectivity index (χ4n) is 4.62. The number of rotatable bonds is 8. The Morgan fingerprint density at radius 1 is 0.919 bits per heavy atom. The molecule has 0 radical (unpaired) electrons. The number of aryl methyl sites for hydroxylation is 1. The van der Waals surface area contributed by atoms with E-state index in [0.29, 0.717) is 41.9 Å². The highest BCUT2D eigenvalue weighted by Gasteiger charge is 2.47. The number of ether oxygens (including phenoxy) is 2. The van der Waals surface area contributed by atoms with Crippen molar-refractivity contribution in [3.8, 4) is 11.5 Å². The quantitative estimate of drug-likeness (QED) is 0.216. The summed E-state index contributed by atoms with van der Waals surface area (Å²) in [4.78, 5) is 28.3. The number of nitrogens with zero attached hydrogens (tertiary/aromatic N) is 1. The molecule has 1 fully saturated rings. The molecule has 4 rings (SSSR count).